The molecule has 0 aromatic carbocycles. The molecule has 7 heteroatoms. The Balaban J connectivity index is 1.69. The van der Waals surface area contributed by atoms with E-state index in [1.807, 2.05) is 12.3 Å². The van der Waals surface area contributed by atoms with E-state index in [0.29, 0.717) is 6.61 Å². The number of aromatic nitrogens is 1. The summed E-state index contributed by atoms with van der Waals surface area (Å²) < 4.78 is 31.9. The minimum Gasteiger partial charge on any atom is -0.383 e. The first kappa shape index (κ1) is 17.8. The van der Waals surface area contributed by atoms with Gasteiger partial charge in [-0.15, -0.1) is 0 Å². The van der Waals surface area contributed by atoms with Crippen molar-refractivity contribution >= 4 is 10.0 Å². The molecule has 2 aliphatic heterocycles. The van der Waals surface area contributed by atoms with Gasteiger partial charge in [0.2, 0.25) is 10.0 Å². The zero-order chi connectivity index (χ0) is 17.2. The Bertz CT molecular complexity index is 642. The second-order valence-electron chi connectivity index (χ2n) is 7.07. The third-order valence-corrected chi connectivity index (χ3v) is 6.77. The smallest absolute Gasteiger partial charge is 0.212 e. The molecule has 1 unspecified atom stereocenters. The first-order valence-electron chi connectivity index (χ1n) is 8.54. The molecule has 0 amide bonds. The minimum atomic E-state index is -3.23. The van der Waals surface area contributed by atoms with Crippen LogP contribution in [0.5, 0.6) is 0 Å². The molecule has 1 spiro atoms. The monoisotopic (exact) mass is 353 g/mol. The lowest BCUT2D eigenvalue weighted by atomic mass is 9.86. The number of nitrogens with zero attached hydrogens (tertiary/aromatic N) is 3. The van der Waals surface area contributed by atoms with E-state index in [-0.39, 0.29) is 11.6 Å². The number of likely N-dealkylation sites (tertiary alicyclic amines) is 1. The van der Waals surface area contributed by atoms with Crippen LogP contribution in [0.2, 0.25) is 0 Å². The number of methoxy groups -OCH3 is 1. The molecule has 2 fully saturated rings. The average Bonchev–Trinajstić information content (AvgIpc) is 2.90. The molecule has 3 rings (SSSR count). The highest BCUT2D eigenvalue weighted by atomic mass is 32.2. The van der Waals surface area contributed by atoms with Gasteiger partial charge in [0.1, 0.15) is 0 Å². The van der Waals surface area contributed by atoms with Gasteiger partial charge in [-0.2, -0.15) is 4.31 Å². The Morgan fingerprint density at radius 1 is 1.33 bits per heavy atom. The van der Waals surface area contributed by atoms with E-state index < -0.39 is 10.0 Å². The fraction of sp³-hybridized carbons (Fsp3) is 0.706. The van der Waals surface area contributed by atoms with E-state index in [1.54, 1.807) is 17.6 Å². The first-order valence-corrected chi connectivity index (χ1v) is 10.4. The molecule has 24 heavy (non-hydrogen) atoms. The van der Waals surface area contributed by atoms with E-state index in [9.17, 15) is 8.42 Å². The molecule has 1 aromatic heterocycles. The van der Waals surface area contributed by atoms with Crippen molar-refractivity contribution in [1.82, 2.24) is 14.2 Å². The van der Waals surface area contributed by atoms with Crippen molar-refractivity contribution in [3.63, 3.8) is 0 Å². The topological polar surface area (TPSA) is 62.7 Å². The zero-order valence-corrected chi connectivity index (χ0v) is 15.3. The molecule has 0 bridgehead atoms. The lowest BCUT2D eigenvalue weighted by Gasteiger charge is -2.45. The maximum Gasteiger partial charge on any atom is 0.212 e. The maximum absolute atomic E-state index is 12.4. The first-order chi connectivity index (χ1) is 11.4. The van der Waals surface area contributed by atoms with Crippen molar-refractivity contribution in [2.45, 2.75) is 43.8 Å². The van der Waals surface area contributed by atoms with Crippen LogP contribution in [0.3, 0.4) is 0 Å². The van der Waals surface area contributed by atoms with Crippen LogP contribution >= 0.6 is 0 Å². The third kappa shape index (κ3) is 3.64. The summed E-state index contributed by atoms with van der Waals surface area (Å²) >= 11 is 0. The van der Waals surface area contributed by atoms with Crippen molar-refractivity contribution < 1.29 is 13.2 Å². The van der Waals surface area contributed by atoms with E-state index in [1.165, 1.54) is 11.8 Å². The van der Waals surface area contributed by atoms with Crippen molar-refractivity contribution in [2.24, 2.45) is 0 Å². The maximum atomic E-state index is 12.4. The second-order valence-corrected chi connectivity index (χ2v) is 8.93. The predicted molar refractivity (Wildman–Crippen MR) is 93.1 cm³/mol. The highest BCUT2D eigenvalue weighted by molar-refractivity contribution is 7.88. The van der Waals surface area contributed by atoms with Gasteiger partial charge < -0.3 is 4.74 Å². The Morgan fingerprint density at radius 2 is 2.08 bits per heavy atom. The number of pyridine rings is 1. The summed E-state index contributed by atoms with van der Waals surface area (Å²) in [6.07, 6.45) is 8.63. The van der Waals surface area contributed by atoms with Crippen LogP contribution in [0.15, 0.2) is 24.5 Å². The number of piperidine rings is 1. The predicted octanol–water partition coefficient (Wildman–Crippen LogP) is 1.49. The van der Waals surface area contributed by atoms with E-state index in [4.69, 9.17) is 4.74 Å². The summed E-state index contributed by atoms with van der Waals surface area (Å²) in [5.74, 6) is 0. The molecule has 1 aromatic rings. The van der Waals surface area contributed by atoms with Gasteiger partial charge in [0.15, 0.2) is 0 Å². The Kier molecular flexibility index (Phi) is 5.24. The molecule has 0 N–H and O–H groups in total. The van der Waals surface area contributed by atoms with Gasteiger partial charge in [-0.25, -0.2) is 8.42 Å². The fourth-order valence-electron chi connectivity index (χ4n) is 4.36. The molecule has 1 atom stereocenters. The number of sulfonamides is 1. The Labute approximate surface area is 144 Å². The van der Waals surface area contributed by atoms with Crippen LogP contribution in [0.1, 0.15) is 31.2 Å². The SMILES string of the molecule is COCC1CCC2(CCN(Cc3cccnc3)CC2)N1S(C)(=O)=O. The van der Waals surface area contributed by atoms with Crippen molar-refractivity contribution in [1.29, 1.82) is 0 Å². The van der Waals surface area contributed by atoms with Gasteiger partial charge in [0, 0.05) is 50.7 Å². The second kappa shape index (κ2) is 7.07. The number of ether oxygens (including phenoxy) is 1. The summed E-state index contributed by atoms with van der Waals surface area (Å²) in [7, 11) is -1.59. The third-order valence-electron chi connectivity index (χ3n) is 5.37. The van der Waals surface area contributed by atoms with Crippen LogP contribution in [-0.2, 0) is 21.3 Å². The molecule has 134 valence electrons. The molecule has 0 radical (unpaired) electrons. The standard InChI is InChI=1S/C17H27N3O3S/c1-23-14-16-5-6-17(20(16)24(2,21)22)7-10-19(11-8-17)13-15-4-3-9-18-12-15/h3-4,9,12,16H,5-8,10-11,13-14H2,1-2H3. The molecule has 0 aliphatic carbocycles. The van der Waals surface area contributed by atoms with Crippen LogP contribution in [-0.4, -0.2) is 67.2 Å². The molecule has 6 nitrogen and oxygen atoms in total. The molecule has 3 heterocycles. The van der Waals surface area contributed by atoms with Crippen molar-refractivity contribution in [3.8, 4) is 0 Å². The van der Waals surface area contributed by atoms with Crippen molar-refractivity contribution in [3.05, 3.63) is 30.1 Å². The molecule has 0 saturated carbocycles. The van der Waals surface area contributed by atoms with Gasteiger partial charge in [0.25, 0.3) is 0 Å². The van der Waals surface area contributed by atoms with Crippen molar-refractivity contribution in [2.75, 3.05) is 33.1 Å². The lowest BCUT2D eigenvalue weighted by molar-refractivity contribution is 0.0658. The van der Waals surface area contributed by atoms with Gasteiger partial charge in [-0.1, -0.05) is 6.07 Å². The number of hydrogen-bond donors (Lipinski definition) is 0. The number of hydrogen-bond acceptors (Lipinski definition) is 5. The van der Waals surface area contributed by atoms with Crippen LogP contribution in [0.4, 0.5) is 0 Å². The van der Waals surface area contributed by atoms with Gasteiger partial charge in [0.05, 0.1) is 12.9 Å². The average molecular weight is 353 g/mol. The molecular weight excluding hydrogens is 326 g/mol. The summed E-state index contributed by atoms with van der Waals surface area (Å²) in [4.78, 5) is 6.56. The quantitative estimate of drug-likeness (QED) is 0.802. The lowest BCUT2D eigenvalue weighted by Crippen LogP contribution is -2.56. The normalized spacial score (nSPS) is 25.3. The fourth-order valence-corrected chi connectivity index (χ4v) is 6.05. The summed E-state index contributed by atoms with van der Waals surface area (Å²) in [6.45, 7) is 3.19. The van der Waals surface area contributed by atoms with Gasteiger partial charge in [-0.05, 0) is 37.3 Å². The Hall–Kier alpha value is -1.02. The molecule has 2 aliphatic rings. The van der Waals surface area contributed by atoms with Crippen LogP contribution in [0.25, 0.3) is 0 Å². The van der Waals surface area contributed by atoms with E-state index >= 15 is 0 Å². The highest BCUT2D eigenvalue weighted by Crippen LogP contribution is 2.43. The number of rotatable bonds is 5. The highest BCUT2D eigenvalue weighted by Gasteiger charge is 2.51. The minimum absolute atomic E-state index is 0.0186. The van der Waals surface area contributed by atoms with Gasteiger partial charge in [-0.3, -0.25) is 9.88 Å². The summed E-state index contributed by atoms with van der Waals surface area (Å²) in [6, 6.07) is 4.03. The van der Waals surface area contributed by atoms with Crippen LogP contribution < -0.4 is 0 Å². The van der Waals surface area contributed by atoms with E-state index in [2.05, 4.69) is 16.0 Å². The van der Waals surface area contributed by atoms with Crippen LogP contribution in [0, 0.1) is 0 Å². The van der Waals surface area contributed by atoms with Gasteiger partial charge >= 0.3 is 0 Å². The largest absolute Gasteiger partial charge is 0.383 e. The zero-order valence-electron chi connectivity index (χ0n) is 14.5. The summed E-state index contributed by atoms with van der Waals surface area (Å²) in [5, 5.41) is 0. The molecular formula is C17H27N3O3S. The summed E-state index contributed by atoms with van der Waals surface area (Å²) in [5.41, 5.74) is 0.986. The van der Waals surface area contributed by atoms with E-state index in [0.717, 1.165) is 45.3 Å². The molecule has 2 saturated heterocycles. The Morgan fingerprint density at radius 3 is 2.67 bits per heavy atom.